The van der Waals surface area contributed by atoms with E-state index in [1.807, 2.05) is 19.9 Å². The van der Waals surface area contributed by atoms with Crippen molar-refractivity contribution in [1.82, 2.24) is 0 Å². The molecule has 0 heterocycles. The van der Waals surface area contributed by atoms with E-state index in [1.54, 1.807) is 0 Å². The number of aliphatic hydroxyl groups is 2. The predicted molar refractivity (Wildman–Crippen MR) is 146 cm³/mol. The van der Waals surface area contributed by atoms with Crippen LogP contribution in [0.15, 0.2) is 47.6 Å². The van der Waals surface area contributed by atoms with Crippen LogP contribution in [0.1, 0.15) is 106 Å². The van der Waals surface area contributed by atoms with Gasteiger partial charge < -0.3 is 10.2 Å². The van der Waals surface area contributed by atoms with Crippen LogP contribution in [0.25, 0.3) is 0 Å². The van der Waals surface area contributed by atoms with Crippen molar-refractivity contribution in [1.29, 1.82) is 0 Å². The molecule has 0 radical (unpaired) electrons. The lowest BCUT2D eigenvalue weighted by Gasteiger charge is -2.27. The molecule has 0 aromatic carbocycles. The molecule has 1 fully saturated rings. The van der Waals surface area contributed by atoms with Gasteiger partial charge in [-0.15, -0.1) is 0 Å². The van der Waals surface area contributed by atoms with Crippen LogP contribution < -0.4 is 0 Å². The Labute approximate surface area is 210 Å². The smallest absolute Gasteiger partial charge is 0.138 e. The van der Waals surface area contributed by atoms with Gasteiger partial charge in [-0.3, -0.25) is 4.79 Å². The van der Waals surface area contributed by atoms with Crippen LogP contribution in [-0.2, 0) is 4.79 Å². The average Bonchev–Trinajstić information content (AvgIpc) is 2.79. The molecule has 0 aromatic heterocycles. The minimum atomic E-state index is -0.674. The van der Waals surface area contributed by atoms with Crippen LogP contribution in [0.5, 0.6) is 0 Å². The molecule has 2 unspecified atom stereocenters. The zero-order valence-electron chi connectivity index (χ0n) is 22.8. The molecule has 0 bridgehead atoms. The fraction of sp³-hybridized carbons (Fsp3) is 0.710. The minimum Gasteiger partial charge on any atom is -0.393 e. The monoisotopic (exact) mass is 472 g/mol. The summed E-state index contributed by atoms with van der Waals surface area (Å²) in [5.41, 5.74) is 2.28. The van der Waals surface area contributed by atoms with E-state index in [2.05, 4.69) is 58.1 Å². The first-order chi connectivity index (χ1) is 16.1. The standard InChI is InChI=1S/C31H52O3/c1-7-23(2)12-9-8-10-13-24(3)20-27(6)31(34)22-30(33)26(5)15-11-14-25(4)21-28-16-18-29(32)19-17-28/h8-10,12-13,15,24-25,27-30,32-33H,7,11,14,16-22H2,1-6H3/b9-8+,13-10+,23-12+,26-15+/t24-,25+,27?,28?,29?,30?/m1/s1. The Bertz CT molecular complexity index is 691. The second-order valence-corrected chi connectivity index (χ2v) is 11.0. The molecular formula is C31H52O3. The predicted octanol–water partition coefficient (Wildman–Crippen LogP) is 7.74. The number of Topliss-reactive ketones (excluding diaryl/α,β-unsaturated/α-hetero) is 1. The van der Waals surface area contributed by atoms with E-state index in [0.717, 1.165) is 62.9 Å². The Kier molecular flexibility index (Phi) is 15.3. The summed E-state index contributed by atoms with van der Waals surface area (Å²) < 4.78 is 0. The van der Waals surface area contributed by atoms with Crippen LogP contribution >= 0.6 is 0 Å². The Morgan fingerprint density at radius 1 is 1.03 bits per heavy atom. The third kappa shape index (κ3) is 13.4. The van der Waals surface area contributed by atoms with Crippen molar-refractivity contribution in [2.75, 3.05) is 0 Å². The Balaban J connectivity index is 2.34. The fourth-order valence-corrected chi connectivity index (χ4v) is 4.78. The van der Waals surface area contributed by atoms with Gasteiger partial charge in [0.25, 0.3) is 0 Å². The number of aliphatic hydroxyl groups excluding tert-OH is 2. The normalized spacial score (nSPS) is 23.9. The maximum Gasteiger partial charge on any atom is 0.138 e. The first-order valence-electron chi connectivity index (χ1n) is 13.7. The SMILES string of the molecule is CC/C(C)=C/C=C/C=C/[C@@H](C)CC(C)C(=O)CC(O)/C(C)=C/CC[C@H](C)CC1CCC(O)CC1. The van der Waals surface area contributed by atoms with E-state index in [0.29, 0.717) is 11.8 Å². The van der Waals surface area contributed by atoms with Gasteiger partial charge in [-0.05, 0) is 95.0 Å². The van der Waals surface area contributed by atoms with Gasteiger partial charge in [0.1, 0.15) is 5.78 Å². The molecule has 1 saturated carbocycles. The molecule has 3 heteroatoms. The molecule has 0 aliphatic heterocycles. The van der Waals surface area contributed by atoms with Crippen LogP contribution in [0.2, 0.25) is 0 Å². The van der Waals surface area contributed by atoms with E-state index in [9.17, 15) is 15.0 Å². The highest BCUT2D eigenvalue weighted by Gasteiger charge is 2.21. The zero-order chi connectivity index (χ0) is 25.5. The van der Waals surface area contributed by atoms with Gasteiger partial charge in [0.2, 0.25) is 0 Å². The second kappa shape index (κ2) is 17.1. The molecule has 0 spiro atoms. The topological polar surface area (TPSA) is 57.5 Å². The molecular weight excluding hydrogens is 420 g/mol. The average molecular weight is 473 g/mol. The summed E-state index contributed by atoms with van der Waals surface area (Å²) in [6.07, 6.45) is 21.4. The van der Waals surface area contributed by atoms with Crippen molar-refractivity contribution in [2.24, 2.45) is 23.7 Å². The highest BCUT2D eigenvalue weighted by Crippen LogP contribution is 2.30. The quantitative estimate of drug-likeness (QED) is 0.189. The first-order valence-corrected chi connectivity index (χ1v) is 13.7. The summed E-state index contributed by atoms with van der Waals surface area (Å²) in [4.78, 5) is 12.7. The van der Waals surface area contributed by atoms with Crippen molar-refractivity contribution in [3.8, 4) is 0 Å². The molecule has 0 amide bonds. The van der Waals surface area contributed by atoms with Crippen LogP contribution in [0.3, 0.4) is 0 Å². The lowest BCUT2D eigenvalue weighted by molar-refractivity contribution is -0.124. The number of carbonyl (C=O) groups excluding carboxylic acids is 1. The molecule has 0 aromatic rings. The maximum atomic E-state index is 12.7. The van der Waals surface area contributed by atoms with Gasteiger partial charge in [-0.1, -0.05) is 69.7 Å². The molecule has 1 aliphatic carbocycles. The molecule has 1 rings (SSSR count). The van der Waals surface area contributed by atoms with E-state index < -0.39 is 6.10 Å². The molecule has 3 nitrogen and oxygen atoms in total. The third-order valence-corrected chi connectivity index (χ3v) is 7.47. The van der Waals surface area contributed by atoms with Gasteiger partial charge in [0, 0.05) is 12.3 Å². The van der Waals surface area contributed by atoms with Gasteiger partial charge in [0.05, 0.1) is 12.2 Å². The van der Waals surface area contributed by atoms with Crippen molar-refractivity contribution in [3.63, 3.8) is 0 Å². The number of hydrogen-bond donors (Lipinski definition) is 2. The van der Waals surface area contributed by atoms with E-state index in [-0.39, 0.29) is 24.2 Å². The zero-order valence-corrected chi connectivity index (χ0v) is 22.8. The van der Waals surface area contributed by atoms with Crippen molar-refractivity contribution < 1.29 is 15.0 Å². The summed E-state index contributed by atoms with van der Waals surface area (Å²) in [7, 11) is 0. The molecule has 2 N–H and O–H groups in total. The minimum absolute atomic E-state index is 0.0534. The lowest BCUT2D eigenvalue weighted by Crippen LogP contribution is -2.21. The first kappa shape index (κ1) is 30.6. The van der Waals surface area contributed by atoms with Gasteiger partial charge in [0.15, 0.2) is 0 Å². The number of allylic oxidation sites excluding steroid dienone is 7. The lowest BCUT2D eigenvalue weighted by atomic mass is 9.81. The Morgan fingerprint density at radius 2 is 1.71 bits per heavy atom. The number of carbonyl (C=O) groups is 1. The fourth-order valence-electron chi connectivity index (χ4n) is 4.78. The van der Waals surface area contributed by atoms with Gasteiger partial charge >= 0.3 is 0 Å². The maximum absolute atomic E-state index is 12.7. The summed E-state index contributed by atoms with van der Waals surface area (Å²) in [5, 5.41) is 20.2. The van der Waals surface area contributed by atoms with Crippen LogP contribution in [0.4, 0.5) is 0 Å². The van der Waals surface area contributed by atoms with Crippen molar-refractivity contribution in [2.45, 2.75) is 118 Å². The van der Waals surface area contributed by atoms with E-state index in [4.69, 9.17) is 0 Å². The Hall–Kier alpha value is -1.45. The summed E-state index contributed by atoms with van der Waals surface area (Å²) in [6, 6.07) is 0. The van der Waals surface area contributed by atoms with Gasteiger partial charge in [-0.25, -0.2) is 0 Å². The number of rotatable bonds is 15. The molecule has 194 valence electrons. The van der Waals surface area contributed by atoms with Crippen molar-refractivity contribution in [3.05, 3.63) is 47.6 Å². The van der Waals surface area contributed by atoms with Gasteiger partial charge in [-0.2, -0.15) is 0 Å². The van der Waals surface area contributed by atoms with E-state index in [1.165, 1.54) is 12.0 Å². The summed E-state index contributed by atoms with van der Waals surface area (Å²) >= 11 is 0. The molecule has 1 aliphatic rings. The van der Waals surface area contributed by atoms with E-state index >= 15 is 0 Å². The molecule has 34 heavy (non-hydrogen) atoms. The number of ketones is 1. The molecule has 0 saturated heterocycles. The highest BCUT2D eigenvalue weighted by molar-refractivity contribution is 5.81. The third-order valence-electron chi connectivity index (χ3n) is 7.47. The largest absolute Gasteiger partial charge is 0.393 e. The summed E-state index contributed by atoms with van der Waals surface area (Å²) in [5.74, 6) is 1.82. The van der Waals surface area contributed by atoms with Crippen LogP contribution in [0, 0.1) is 23.7 Å². The second-order valence-electron chi connectivity index (χ2n) is 11.0. The Morgan fingerprint density at radius 3 is 2.35 bits per heavy atom. The van der Waals surface area contributed by atoms with Crippen LogP contribution in [-0.4, -0.2) is 28.2 Å². The molecule has 4 atom stereocenters. The van der Waals surface area contributed by atoms with Crippen molar-refractivity contribution >= 4 is 5.78 Å². The summed E-state index contributed by atoms with van der Waals surface area (Å²) in [6.45, 7) is 12.7. The highest BCUT2D eigenvalue weighted by atomic mass is 16.3. The number of hydrogen-bond acceptors (Lipinski definition) is 3.